The van der Waals surface area contributed by atoms with Crippen LogP contribution in [0.2, 0.25) is 0 Å². The minimum Gasteiger partial charge on any atom is -0.361 e. The molecule has 100 valence electrons. The van der Waals surface area contributed by atoms with Crippen molar-refractivity contribution >= 4 is 5.91 Å². The first kappa shape index (κ1) is 13.1. The van der Waals surface area contributed by atoms with Crippen molar-refractivity contribution in [1.82, 2.24) is 15.4 Å². The molecule has 2 heterocycles. The number of nitrogens with one attached hydrogen (secondary N) is 1. The minimum atomic E-state index is 0.180. The summed E-state index contributed by atoms with van der Waals surface area (Å²) < 4.78 is 5.14. The Hall–Kier alpha value is -1.36. The normalized spacial score (nSPS) is 17.2. The summed E-state index contributed by atoms with van der Waals surface area (Å²) in [7, 11) is 0. The van der Waals surface area contributed by atoms with Gasteiger partial charge in [-0.15, -0.1) is 0 Å². The van der Waals surface area contributed by atoms with Gasteiger partial charge in [0.25, 0.3) is 0 Å². The third kappa shape index (κ3) is 2.90. The van der Waals surface area contributed by atoms with E-state index in [1.165, 1.54) is 0 Å². The van der Waals surface area contributed by atoms with E-state index in [4.69, 9.17) is 4.52 Å². The van der Waals surface area contributed by atoms with Crippen LogP contribution in [0.1, 0.15) is 36.8 Å². The highest BCUT2D eigenvalue weighted by Crippen LogP contribution is 2.14. The predicted octanol–water partition coefficient (Wildman–Crippen LogP) is 1.39. The molecule has 1 aliphatic heterocycles. The van der Waals surface area contributed by atoms with Crippen molar-refractivity contribution in [3.63, 3.8) is 0 Å². The van der Waals surface area contributed by atoms with Gasteiger partial charge in [0.15, 0.2) is 0 Å². The van der Waals surface area contributed by atoms with Gasteiger partial charge in [-0.1, -0.05) is 5.16 Å². The molecule has 0 aromatic carbocycles. The fraction of sp³-hybridized carbons (Fsp3) is 0.692. The maximum Gasteiger partial charge on any atom is 0.219 e. The second kappa shape index (κ2) is 5.52. The first-order chi connectivity index (χ1) is 8.58. The molecule has 1 aliphatic rings. The molecule has 1 fully saturated rings. The van der Waals surface area contributed by atoms with Crippen LogP contribution in [0.15, 0.2) is 4.52 Å². The molecule has 0 bridgehead atoms. The molecule has 0 atom stereocenters. The SMILES string of the molecule is CC(=O)N1CCC(NCc2c(C)noc2C)CC1. The maximum atomic E-state index is 11.2. The van der Waals surface area contributed by atoms with Crippen LogP contribution in [0.25, 0.3) is 0 Å². The third-order valence-corrected chi connectivity index (χ3v) is 3.69. The topological polar surface area (TPSA) is 58.4 Å². The Kier molecular flexibility index (Phi) is 4.01. The number of nitrogens with zero attached hydrogens (tertiary/aromatic N) is 2. The lowest BCUT2D eigenvalue weighted by Gasteiger charge is -2.31. The van der Waals surface area contributed by atoms with Gasteiger partial charge < -0.3 is 14.7 Å². The molecule has 1 N–H and O–H groups in total. The van der Waals surface area contributed by atoms with Crippen LogP contribution in [-0.2, 0) is 11.3 Å². The smallest absolute Gasteiger partial charge is 0.219 e. The zero-order valence-electron chi connectivity index (χ0n) is 11.3. The number of piperidine rings is 1. The second-order valence-corrected chi connectivity index (χ2v) is 4.96. The molecule has 5 heteroatoms. The van der Waals surface area contributed by atoms with E-state index in [9.17, 15) is 4.79 Å². The van der Waals surface area contributed by atoms with Crippen molar-refractivity contribution in [2.45, 2.75) is 46.2 Å². The van der Waals surface area contributed by atoms with Crippen LogP contribution in [0.3, 0.4) is 0 Å². The van der Waals surface area contributed by atoms with E-state index in [1.807, 2.05) is 18.7 Å². The molecule has 0 spiro atoms. The van der Waals surface area contributed by atoms with E-state index < -0.39 is 0 Å². The number of carbonyl (C=O) groups is 1. The van der Waals surface area contributed by atoms with E-state index in [2.05, 4.69) is 10.5 Å². The predicted molar refractivity (Wildman–Crippen MR) is 68.1 cm³/mol. The number of hydrogen-bond donors (Lipinski definition) is 1. The van der Waals surface area contributed by atoms with Crippen molar-refractivity contribution in [3.8, 4) is 0 Å². The lowest BCUT2D eigenvalue weighted by Crippen LogP contribution is -2.44. The van der Waals surface area contributed by atoms with Gasteiger partial charge in [-0.25, -0.2) is 0 Å². The molecule has 0 aliphatic carbocycles. The molecule has 0 unspecified atom stereocenters. The fourth-order valence-corrected chi connectivity index (χ4v) is 2.40. The van der Waals surface area contributed by atoms with Crippen molar-refractivity contribution in [3.05, 3.63) is 17.0 Å². The van der Waals surface area contributed by atoms with Crippen LogP contribution in [0.5, 0.6) is 0 Å². The van der Waals surface area contributed by atoms with Crippen LogP contribution in [0.4, 0.5) is 0 Å². The van der Waals surface area contributed by atoms with Crippen LogP contribution in [-0.4, -0.2) is 35.1 Å². The summed E-state index contributed by atoms with van der Waals surface area (Å²) in [5.41, 5.74) is 2.12. The van der Waals surface area contributed by atoms with Gasteiger partial charge in [0.2, 0.25) is 5.91 Å². The van der Waals surface area contributed by atoms with Gasteiger partial charge >= 0.3 is 0 Å². The summed E-state index contributed by atoms with van der Waals surface area (Å²) in [6.07, 6.45) is 2.03. The highest BCUT2D eigenvalue weighted by molar-refractivity contribution is 5.73. The van der Waals surface area contributed by atoms with Gasteiger partial charge in [0.1, 0.15) is 5.76 Å². The molecule has 1 amide bonds. The summed E-state index contributed by atoms with van der Waals surface area (Å²) in [6.45, 7) is 8.05. The van der Waals surface area contributed by atoms with Crippen molar-refractivity contribution in [2.24, 2.45) is 0 Å². The Morgan fingerprint density at radius 3 is 2.61 bits per heavy atom. The van der Waals surface area contributed by atoms with Gasteiger partial charge in [-0.2, -0.15) is 0 Å². The van der Waals surface area contributed by atoms with Crippen molar-refractivity contribution < 1.29 is 9.32 Å². The maximum absolute atomic E-state index is 11.2. The molecule has 2 rings (SSSR count). The van der Waals surface area contributed by atoms with Crippen molar-refractivity contribution in [2.75, 3.05) is 13.1 Å². The first-order valence-corrected chi connectivity index (χ1v) is 6.48. The summed E-state index contributed by atoms with van der Waals surface area (Å²) in [6, 6.07) is 0.481. The minimum absolute atomic E-state index is 0.180. The number of carbonyl (C=O) groups excluding carboxylic acids is 1. The average molecular weight is 251 g/mol. The summed E-state index contributed by atoms with van der Waals surface area (Å²) in [4.78, 5) is 13.1. The van der Waals surface area contributed by atoms with E-state index in [0.29, 0.717) is 6.04 Å². The molecule has 1 aromatic rings. The third-order valence-electron chi connectivity index (χ3n) is 3.69. The van der Waals surface area contributed by atoms with Crippen LogP contribution < -0.4 is 5.32 Å². The summed E-state index contributed by atoms with van der Waals surface area (Å²) in [5.74, 6) is 1.07. The van der Waals surface area contributed by atoms with Crippen molar-refractivity contribution in [1.29, 1.82) is 0 Å². The number of aryl methyl sites for hydroxylation is 2. The van der Waals surface area contributed by atoms with E-state index in [1.54, 1.807) is 6.92 Å². The molecular weight excluding hydrogens is 230 g/mol. The Morgan fingerprint density at radius 2 is 2.11 bits per heavy atom. The standard InChI is InChI=1S/C13H21N3O2/c1-9-13(10(2)18-15-9)8-14-12-4-6-16(7-5-12)11(3)17/h12,14H,4-8H2,1-3H3. The van der Waals surface area contributed by atoms with Gasteiger partial charge in [-0.3, -0.25) is 4.79 Å². The molecule has 0 radical (unpaired) electrons. The summed E-state index contributed by atoms with van der Waals surface area (Å²) in [5, 5.41) is 7.47. The van der Waals surface area contributed by atoms with Gasteiger partial charge in [0, 0.05) is 38.2 Å². The molecular formula is C13H21N3O2. The summed E-state index contributed by atoms with van der Waals surface area (Å²) >= 11 is 0. The molecule has 0 saturated carbocycles. The fourth-order valence-electron chi connectivity index (χ4n) is 2.40. The Morgan fingerprint density at radius 1 is 1.44 bits per heavy atom. The van der Waals surface area contributed by atoms with E-state index in [-0.39, 0.29) is 5.91 Å². The van der Waals surface area contributed by atoms with E-state index in [0.717, 1.165) is 49.5 Å². The Balaban J connectivity index is 1.81. The van der Waals surface area contributed by atoms with Gasteiger partial charge in [-0.05, 0) is 26.7 Å². The molecule has 1 saturated heterocycles. The van der Waals surface area contributed by atoms with E-state index >= 15 is 0 Å². The Bertz CT molecular complexity index is 400. The number of amides is 1. The largest absolute Gasteiger partial charge is 0.361 e. The zero-order valence-corrected chi connectivity index (χ0v) is 11.3. The molecule has 5 nitrogen and oxygen atoms in total. The number of likely N-dealkylation sites (tertiary alicyclic amines) is 1. The highest BCUT2D eigenvalue weighted by Gasteiger charge is 2.20. The van der Waals surface area contributed by atoms with Gasteiger partial charge in [0.05, 0.1) is 5.69 Å². The lowest BCUT2D eigenvalue weighted by atomic mass is 10.0. The molecule has 1 aromatic heterocycles. The highest BCUT2D eigenvalue weighted by atomic mass is 16.5. The number of hydrogen-bond acceptors (Lipinski definition) is 4. The number of aromatic nitrogens is 1. The molecule has 18 heavy (non-hydrogen) atoms. The van der Waals surface area contributed by atoms with Crippen LogP contribution >= 0.6 is 0 Å². The number of rotatable bonds is 3. The monoisotopic (exact) mass is 251 g/mol. The second-order valence-electron chi connectivity index (χ2n) is 4.96. The average Bonchev–Trinajstić information content (AvgIpc) is 2.67. The quantitative estimate of drug-likeness (QED) is 0.882. The van der Waals surface area contributed by atoms with Crippen LogP contribution in [0, 0.1) is 13.8 Å². The lowest BCUT2D eigenvalue weighted by molar-refractivity contribution is -0.129. The first-order valence-electron chi connectivity index (χ1n) is 6.48. The zero-order chi connectivity index (χ0) is 13.1. The Labute approximate surface area is 108 Å².